The van der Waals surface area contributed by atoms with Crippen molar-refractivity contribution in [1.82, 2.24) is 10.6 Å². The quantitative estimate of drug-likeness (QED) is 0.744. The van der Waals surface area contributed by atoms with Crippen LogP contribution in [0.4, 0.5) is 4.79 Å². The van der Waals surface area contributed by atoms with Crippen molar-refractivity contribution in [2.75, 3.05) is 6.61 Å². The highest BCUT2D eigenvalue weighted by Gasteiger charge is 2.32. The summed E-state index contributed by atoms with van der Waals surface area (Å²) in [6, 6.07) is 5.38. The lowest BCUT2D eigenvalue weighted by Gasteiger charge is -2.28. The molecule has 0 radical (unpaired) electrons. The lowest BCUT2D eigenvalue weighted by atomic mass is 9.95. The zero-order valence-electron chi connectivity index (χ0n) is 12.8. The van der Waals surface area contributed by atoms with Crippen LogP contribution in [0.3, 0.4) is 0 Å². The summed E-state index contributed by atoms with van der Waals surface area (Å²) in [5.41, 5.74) is 1.40. The molecule has 2 rings (SSSR count). The van der Waals surface area contributed by atoms with Crippen molar-refractivity contribution in [3.63, 3.8) is 0 Å². The summed E-state index contributed by atoms with van der Waals surface area (Å²) in [6.07, 6.45) is 0. The molecule has 0 saturated heterocycles. The molecule has 0 fully saturated rings. The molecule has 1 heterocycles. The SMILES string of the molecule is CC1=C(C(=O)OCC(C)C)[C@H](c2cccc(O)c2)NC(=O)N1. The van der Waals surface area contributed by atoms with Gasteiger partial charge in [0.2, 0.25) is 0 Å². The van der Waals surface area contributed by atoms with Gasteiger partial charge in [-0.25, -0.2) is 9.59 Å². The minimum Gasteiger partial charge on any atom is -0.508 e. The summed E-state index contributed by atoms with van der Waals surface area (Å²) < 4.78 is 5.28. The van der Waals surface area contributed by atoms with Crippen LogP contribution in [0, 0.1) is 5.92 Å². The Morgan fingerprint density at radius 3 is 2.77 bits per heavy atom. The predicted molar refractivity (Wildman–Crippen MR) is 81.0 cm³/mol. The summed E-state index contributed by atoms with van der Waals surface area (Å²) in [5, 5.41) is 14.9. The molecule has 1 aromatic rings. The first-order valence-corrected chi connectivity index (χ1v) is 7.12. The van der Waals surface area contributed by atoms with E-state index in [1.807, 2.05) is 13.8 Å². The monoisotopic (exact) mass is 304 g/mol. The van der Waals surface area contributed by atoms with Crippen LogP contribution in [0.2, 0.25) is 0 Å². The number of rotatable bonds is 4. The highest BCUT2D eigenvalue weighted by atomic mass is 16.5. The van der Waals surface area contributed by atoms with E-state index in [9.17, 15) is 14.7 Å². The fourth-order valence-electron chi connectivity index (χ4n) is 2.24. The number of carbonyl (C=O) groups excluding carboxylic acids is 2. The van der Waals surface area contributed by atoms with Crippen molar-refractivity contribution < 1.29 is 19.4 Å². The third kappa shape index (κ3) is 3.58. The summed E-state index contributed by atoms with van der Waals surface area (Å²) in [7, 11) is 0. The third-order valence-electron chi connectivity index (χ3n) is 3.24. The first kappa shape index (κ1) is 15.9. The minimum absolute atomic E-state index is 0.0674. The van der Waals surface area contributed by atoms with E-state index in [2.05, 4.69) is 10.6 Å². The number of esters is 1. The molecule has 1 atom stereocenters. The molecule has 6 heteroatoms. The summed E-state index contributed by atoms with van der Waals surface area (Å²) in [6.45, 7) is 5.85. The second kappa shape index (κ2) is 6.51. The predicted octanol–water partition coefficient (Wildman–Crippen LogP) is 2.22. The number of nitrogens with one attached hydrogen (secondary N) is 2. The Morgan fingerprint density at radius 1 is 1.41 bits per heavy atom. The van der Waals surface area contributed by atoms with Gasteiger partial charge in [0.15, 0.2) is 0 Å². The molecule has 118 valence electrons. The van der Waals surface area contributed by atoms with E-state index < -0.39 is 18.0 Å². The van der Waals surface area contributed by atoms with E-state index in [1.165, 1.54) is 12.1 Å². The van der Waals surface area contributed by atoms with Crippen molar-refractivity contribution >= 4 is 12.0 Å². The first-order chi connectivity index (χ1) is 10.4. The highest BCUT2D eigenvalue weighted by Crippen LogP contribution is 2.29. The van der Waals surface area contributed by atoms with E-state index in [-0.39, 0.29) is 11.7 Å². The smallest absolute Gasteiger partial charge is 0.338 e. The van der Waals surface area contributed by atoms with Crippen molar-refractivity contribution in [3.05, 3.63) is 41.1 Å². The van der Waals surface area contributed by atoms with E-state index in [0.29, 0.717) is 23.4 Å². The zero-order valence-corrected chi connectivity index (χ0v) is 12.8. The number of hydrogen-bond acceptors (Lipinski definition) is 4. The van der Waals surface area contributed by atoms with Gasteiger partial charge in [0.1, 0.15) is 5.75 Å². The van der Waals surface area contributed by atoms with Crippen LogP contribution in [0.5, 0.6) is 5.75 Å². The van der Waals surface area contributed by atoms with Crippen LogP contribution in [0.15, 0.2) is 35.5 Å². The second-order valence-corrected chi connectivity index (χ2v) is 5.66. The first-order valence-electron chi connectivity index (χ1n) is 7.12. The summed E-state index contributed by atoms with van der Waals surface area (Å²) in [5.74, 6) is -0.194. The average Bonchev–Trinajstić information content (AvgIpc) is 2.44. The molecular formula is C16H20N2O4. The topological polar surface area (TPSA) is 87.7 Å². The fraction of sp³-hybridized carbons (Fsp3) is 0.375. The molecule has 1 aliphatic heterocycles. The van der Waals surface area contributed by atoms with E-state index in [0.717, 1.165) is 0 Å². The van der Waals surface area contributed by atoms with E-state index >= 15 is 0 Å². The van der Waals surface area contributed by atoms with Gasteiger partial charge in [-0.15, -0.1) is 0 Å². The molecule has 0 aromatic heterocycles. The van der Waals surface area contributed by atoms with E-state index in [1.54, 1.807) is 19.1 Å². The number of phenols is 1. The molecule has 2 amide bonds. The maximum atomic E-state index is 12.4. The fourth-order valence-corrected chi connectivity index (χ4v) is 2.24. The van der Waals surface area contributed by atoms with Gasteiger partial charge in [-0.3, -0.25) is 0 Å². The van der Waals surface area contributed by atoms with Gasteiger partial charge in [0.25, 0.3) is 0 Å². The molecule has 3 N–H and O–H groups in total. The van der Waals surface area contributed by atoms with Crippen molar-refractivity contribution in [1.29, 1.82) is 0 Å². The molecule has 0 saturated carbocycles. The number of amides is 2. The molecule has 6 nitrogen and oxygen atoms in total. The Balaban J connectivity index is 2.34. The second-order valence-electron chi connectivity index (χ2n) is 5.66. The lowest BCUT2D eigenvalue weighted by molar-refractivity contribution is -0.140. The number of ether oxygens (including phenoxy) is 1. The van der Waals surface area contributed by atoms with Gasteiger partial charge in [0.05, 0.1) is 18.2 Å². The molecule has 0 aliphatic carbocycles. The highest BCUT2D eigenvalue weighted by molar-refractivity contribution is 5.95. The standard InChI is InChI=1S/C16H20N2O4/c1-9(2)8-22-15(20)13-10(3)17-16(21)18-14(13)11-5-4-6-12(19)7-11/h4-7,9,14,19H,8H2,1-3H3,(H2,17,18,21)/t14-/m0/s1. The lowest BCUT2D eigenvalue weighted by Crippen LogP contribution is -2.45. The Labute approximate surface area is 129 Å². The Hall–Kier alpha value is -2.50. The number of benzene rings is 1. The van der Waals surface area contributed by atoms with Crippen molar-refractivity contribution in [2.24, 2.45) is 5.92 Å². The Kier molecular flexibility index (Phi) is 4.70. The van der Waals surface area contributed by atoms with E-state index in [4.69, 9.17) is 4.74 Å². The van der Waals surface area contributed by atoms with Gasteiger partial charge in [0, 0.05) is 5.70 Å². The molecule has 0 bridgehead atoms. The number of hydrogen-bond donors (Lipinski definition) is 3. The Bertz CT molecular complexity index is 622. The van der Waals surface area contributed by atoms with Crippen LogP contribution in [-0.2, 0) is 9.53 Å². The molecule has 1 aromatic carbocycles. The number of allylic oxidation sites excluding steroid dienone is 1. The maximum absolute atomic E-state index is 12.4. The van der Waals surface area contributed by atoms with Crippen molar-refractivity contribution in [2.45, 2.75) is 26.8 Å². The van der Waals surface area contributed by atoms with Gasteiger partial charge in [-0.1, -0.05) is 26.0 Å². The number of urea groups is 1. The third-order valence-corrected chi connectivity index (χ3v) is 3.24. The van der Waals surface area contributed by atoms with Crippen LogP contribution < -0.4 is 10.6 Å². The molecule has 1 aliphatic rings. The zero-order chi connectivity index (χ0) is 16.3. The minimum atomic E-state index is -0.652. The van der Waals surface area contributed by atoms with Gasteiger partial charge in [-0.2, -0.15) is 0 Å². The molecule has 22 heavy (non-hydrogen) atoms. The molecule has 0 spiro atoms. The van der Waals surface area contributed by atoms with Gasteiger partial charge in [-0.05, 0) is 30.5 Å². The largest absolute Gasteiger partial charge is 0.508 e. The maximum Gasteiger partial charge on any atom is 0.338 e. The Morgan fingerprint density at radius 2 is 2.14 bits per heavy atom. The molecule has 0 unspecified atom stereocenters. The number of phenolic OH excluding ortho intramolecular Hbond substituents is 1. The number of aromatic hydroxyl groups is 1. The normalized spacial score (nSPS) is 18.0. The summed E-state index contributed by atoms with van der Waals surface area (Å²) in [4.78, 5) is 24.1. The van der Waals surface area contributed by atoms with Crippen LogP contribution >= 0.6 is 0 Å². The average molecular weight is 304 g/mol. The van der Waals surface area contributed by atoms with Crippen LogP contribution in [0.1, 0.15) is 32.4 Å². The van der Waals surface area contributed by atoms with Crippen LogP contribution in [0.25, 0.3) is 0 Å². The van der Waals surface area contributed by atoms with Crippen molar-refractivity contribution in [3.8, 4) is 5.75 Å². The van der Waals surface area contributed by atoms with Crippen LogP contribution in [-0.4, -0.2) is 23.7 Å². The number of carbonyl (C=O) groups is 2. The summed E-state index contributed by atoms with van der Waals surface area (Å²) >= 11 is 0. The molecular weight excluding hydrogens is 284 g/mol. The van der Waals surface area contributed by atoms with Gasteiger partial charge >= 0.3 is 12.0 Å². The van der Waals surface area contributed by atoms with Gasteiger partial charge < -0.3 is 20.5 Å².